The molecule has 0 spiro atoms. The zero-order valence-electron chi connectivity index (χ0n) is 18.1. The maximum atomic E-state index is 14.5. The number of ether oxygens (including phenoxy) is 1. The van der Waals surface area contributed by atoms with Crippen molar-refractivity contribution in [3.8, 4) is 11.8 Å². The second kappa shape index (κ2) is 9.53. The molecule has 3 rings (SSSR count). The van der Waals surface area contributed by atoms with E-state index in [9.17, 15) is 17.6 Å². The van der Waals surface area contributed by atoms with Crippen LogP contribution >= 0.6 is 0 Å². The molecular formula is C24H24FNO5S. The van der Waals surface area contributed by atoms with Gasteiger partial charge in [-0.15, -0.1) is 5.92 Å². The van der Waals surface area contributed by atoms with E-state index in [4.69, 9.17) is 9.57 Å². The normalized spacial score (nSPS) is 17.4. The van der Waals surface area contributed by atoms with Crippen molar-refractivity contribution in [2.24, 2.45) is 5.16 Å². The van der Waals surface area contributed by atoms with Gasteiger partial charge in [-0.1, -0.05) is 41.4 Å². The first-order valence-electron chi connectivity index (χ1n) is 10.00. The number of esters is 1. The van der Waals surface area contributed by atoms with Crippen LogP contribution in [0.15, 0.2) is 53.7 Å². The molecule has 0 saturated heterocycles. The van der Waals surface area contributed by atoms with Crippen LogP contribution in [0.25, 0.3) is 0 Å². The minimum absolute atomic E-state index is 0.0454. The summed E-state index contributed by atoms with van der Waals surface area (Å²) in [7, 11) is -3.85. The van der Waals surface area contributed by atoms with Crippen LogP contribution in [0.2, 0.25) is 0 Å². The predicted molar refractivity (Wildman–Crippen MR) is 119 cm³/mol. The second-order valence-corrected chi connectivity index (χ2v) is 10.3. The summed E-state index contributed by atoms with van der Waals surface area (Å²) in [5, 5.41) is 3.94. The van der Waals surface area contributed by atoms with Crippen LogP contribution in [0.4, 0.5) is 4.39 Å². The maximum Gasteiger partial charge on any atom is 0.327 e. The van der Waals surface area contributed by atoms with Crippen molar-refractivity contribution >= 4 is 21.5 Å². The van der Waals surface area contributed by atoms with Crippen molar-refractivity contribution in [1.82, 2.24) is 0 Å². The SMILES string of the molecule is CC#Cc1ccc(C2=NO[C@@H](CC(C)(C(=O)OCc3ccccc3)S(C)(=O)=O)C2)c(F)c1. The zero-order chi connectivity index (χ0) is 23.4. The number of hydrogen-bond donors (Lipinski definition) is 0. The highest BCUT2D eigenvalue weighted by Crippen LogP contribution is 2.31. The highest BCUT2D eigenvalue weighted by atomic mass is 32.2. The first-order valence-corrected chi connectivity index (χ1v) is 11.9. The van der Waals surface area contributed by atoms with Gasteiger partial charge in [0, 0.05) is 30.2 Å². The first-order chi connectivity index (χ1) is 15.1. The van der Waals surface area contributed by atoms with Crippen LogP contribution in [0.1, 0.15) is 43.4 Å². The Balaban J connectivity index is 1.72. The van der Waals surface area contributed by atoms with Crippen LogP contribution in [0.3, 0.4) is 0 Å². The number of carbonyl (C=O) groups excluding carboxylic acids is 1. The van der Waals surface area contributed by atoms with Gasteiger partial charge >= 0.3 is 5.97 Å². The Bertz CT molecular complexity index is 1200. The van der Waals surface area contributed by atoms with Gasteiger partial charge in [0.1, 0.15) is 18.5 Å². The molecule has 1 aliphatic rings. The third kappa shape index (κ3) is 5.17. The molecule has 0 amide bonds. The first kappa shape index (κ1) is 23.5. The number of halogens is 1. The van der Waals surface area contributed by atoms with Gasteiger partial charge in [0.2, 0.25) is 0 Å². The Labute approximate surface area is 187 Å². The maximum absolute atomic E-state index is 14.5. The van der Waals surface area contributed by atoms with Gasteiger partial charge in [-0.3, -0.25) is 4.79 Å². The number of carbonyl (C=O) groups is 1. The highest BCUT2D eigenvalue weighted by Gasteiger charge is 2.48. The van der Waals surface area contributed by atoms with E-state index in [0.29, 0.717) is 11.3 Å². The van der Waals surface area contributed by atoms with Gasteiger partial charge in [0.05, 0.1) is 5.71 Å². The molecule has 0 saturated carbocycles. The lowest BCUT2D eigenvalue weighted by Crippen LogP contribution is -2.46. The van der Waals surface area contributed by atoms with E-state index in [1.165, 1.54) is 13.0 Å². The largest absolute Gasteiger partial charge is 0.460 e. The lowest BCUT2D eigenvalue weighted by Gasteiger charge is -2.27. The smallest absolute Gasteiger partial charge is 0.327 e. The Hall–Kier alpha value is -3.18. The van der Waals surface area contributed by atoms with E-state index >= 15 is 0 Å². The molecule has 2 atom stereocenters. The van der Waals surface area contributed by atoms with Crippen LogP contribution in [0.5, 0.6) is 0 Å². The third-order valence-corrected chi connectivity index (χ3v) is 7.33. The Morgan fingerprint density at radius 2 is 2.00 bits per heavy atom. The van der Waals surface area contributed by atoms with Crippen LogP contribution in [0, 0.1) is 17.7 Å². The van der Waals surface area contributed by atoms with Crippen molar-refractivity contribution in [2.45, 2.75) is 44.1 Å². The number of rotatable bonds is 7. The molecule has 0 aliphatic carbocycles. The number of nitrogens with zero attached hydrogens (tertiary/aromatic N) is 1. The van der Waals surface area contributed by atoms with Crippen molar-refractivity contribution < 1.29 is 27.2 Å². The molecular weight excluding hydrogens is 433 g/mol. The summed E-state index contributed by atoms with van der Waals surface area (Å²) in [6, 6.07) is 13.5. The summed E-state index contributed by atoms with van der Waals surface area (Å²) < 4.78 is 43.0. The van der Waals surface area contributed by atoms with E-state index in [-0.39, 0.29) is 25.0 Å². The summed E-state index contributed by atoms with van der Waals surface area (Å²) in [6.07, 6.45) is 0.254. The molecule has 1 aliphatic heterocycles. The summed E-state index contributed by atoms with van der Waals surface area (Å²) in [5.41, 5.74) is 1.88. The van der Waals surface area contributed by atoms with Crippen molar-refractivity contribution in [1.29, 1.82) is 0 Å². The summed E-state index contributed by atoms with van der Waals surface area (Å²) in [4.78, 5) is 18.2. The van der Waals surface area contributed by atoms with Crippen LogP contribution < -0.4 is 0 Å². The van der Waals surface area contributed by atoms with E-state index in [1.807, 2.05) is 6.07 Å². The van der Waals surface area contributed by atoms with E-state index in [1.54, 1.807) is 43.3 Å². The average Bonchev–Trinajstić information content (AvgIpc) is 3.20. The predicted octanol–water partition coefficient (Wildman–Crippen LogP) is 3.63. The van der Waals surface area contributed by atoms with Gasteiger partial charge in [0.25, 0.3) is 0 Å². The fourth-order valence-corrected chi connectivity index (χ4v) is 4.21. The van der Waals surface area contributed by atoms with Crippen molar-refractivity contribution in [3.05, 3.63) is 71.0 Å². The Morgan fingerprint density at radius 3 is 2.62 bits per heavy atom. The molecule has 168 valence electrons. The Morgan fingerprint density at radius 1 is 1.28 bits per heavy atom. The van der Waals surface area contributed by atoms with E-state index < -0.39 is 32.5 Å². The van der Waals surface area contributed by atoms with Gasteiger partial charge < -0.3 is 9.57 Å². The summed E-state index contributed by atoms with van der Waals surface area (Å²) in [5.74, 6) is 4.12. The van der Waals surface area contributed by atoms with Crippen LogP contribution in [-0.2, 0) is 30.8 Å². The summed E-state index contributed by atoms with van der Waals surface area (Å²) in [6.45, 7) is 2.93. The van der Waals surface area contributed by atoms with Crippen LogP contribution in [-0.4, -0.2) is 37.2 Å². The molecule has 0 radical (unpaired) electrons. The molecule has 2 aromatic rings. The van der Waals surface area contributed by atoms with Gasteiger partial charge in [-0.25, -0.2) is 12.8 Å². The van der Waals surface area contributed by atoms with Gasteiger partial charge in [0.15, 0.2) is 14.6 Å². The van der Waals surface area contributed by atoms with Gasteiger partial charge in [-0.05, 0) is 37.6 Å². The summed E-state index contributed by atoms with van der Waals surface area (Å²) >= 11 is 0. The molecule has 0 bridgehead atoms. The number of sulfone groups is 1. The van der Waals surface area contributed by atoms with Crippen molar-refractivity contribution in [3.63, 3.8) is 0 Å². The van der Waals surface area contributed by atoms with Crippen molar-refractivity contribution in [2.75, 3.05) is 6.26 Å². The minimum Gasteiger partial charge on any atom is -0.460 e. The monoisotopic (exact) mass is 457 g/mol. The number of hydrogen-bond acceptors (Lipinski definition) is 6. The Kier molecular flexibility index (Phi) is 6.99. The molecule has 32 heavy (non-hydrogen) atoms. The number of benzene rings is 2. The van der Waals surface area contributed by atoms with E-state index in [2.05, 4.69) is 17.0 Å². The average molecular weight is 458 g/mol. The molecule has 0 fully saturated rings. The topological polar surface area (TPSA) is 82.0 Å². The lowest BCUT2D eigenvalue weighted by molar-refractivity contribution is -0.148. The van der Waals surface area contributed by atoms with E-state index in [0.717, 1.165) is 11.8 Å². The lowest BCUT2D eigenvalue weighted by atomic mass is 9.96. The standard InChI is InChI=1S/C24H24FNO5S/c1-4-8-17-11-12-20(21(25)13-17)22-14-19(31-26-22)15-24(2,32(3,28)29)23(27)30-16-18-9-6-5-7-10-18/h5-7,9-13,19H,14-16H2,1-3H3/t19-,24?/m1/s1. The fourth-order valence-electron chi connectivity index (χ4n) is 3.36. The quantitative estimate of drug-likeness (QED) is 0.469. The number of oxime groups is 1. The molecule has 8 heteroatoms. The molecule has 6 nitrogen and oxygen atoms in total. The second-order valence-electron chi connectivity index (χ2n) is 7.81. The zero-order valence-corrected chi connectivity index (χ0v) is 18.9. The highest BCUT2D eigenvalue weighted by molar-refractivity contribution is 7.92. The fraction of sp³-hybridized carbons (Fsp3) is 0.333. The van der Waals surface area contributed by atoms with Gasteiger partial charge in [-0.2, -0.15) is 0 Å². The minimum atomic E-state index is -3.85. The molecule has 0 aromatic heterocycles. The molecule has 1 heterocycles. The molecule has 0 N–H and O–H groups in total. The molecule has 2 aromatic carbocycles. The third-order valence-electron chi connectivity index (χ3n) is 5.36. The molecule has 1 unspecified atom stereocenters.